The van der Waals surface area contributed by atoms with Gasteiger partial charge in [-0.2, -0.15) is 0 Å². The fourth-order valence-electron chi connectivity index (χ4n) is 1.22. The lowest BCUT2D eigenvalue weighted by Crippen LogP contribution is -2.25. The molecule has 2 rings (SSSR count). The first-order valence-corrected chi connectivity index (χ1v) is 4.87. The van der Waals surface area contributed by atoms with Crippen molar-refractivity contribution in [2.75, 3.05) is 7.05 Å². The number of amides is 4. The molecule has 0 aromatic carbocycles. The van der Waals surface area contributed by atoms with Crippen LogP contribution >= 0.6 is 0 Å². The van der Waals surface area contributed by atoms with E-state index in [1.165, 1.54) is 19.2 Å². The minimum Gasteiger partial charge on any atom is -0.289 e. The third-order valence-electron chi connectivity index (χ3n) is 2.26. The fraction of sp³-hybridized carbons (Fsp3) is 0.273. The predicted molar refractivity (Wildman–Crippen MR) is 58.4 cm³/mol. The maximum absolute atomic E-state index is 10.8. The number of carbonyl (C=O) groups is 4. The SMILES string of the molecule is CC1=CC(=O)N(C)C1=O.CC1=CC(=O)NC1=O. The van der Waals surface area contributed by atoms with Crippen LogP contribution in [-0.4, -0.2) is 35.6 Å². The van der Waals surface area contributed by atoms with E-state index >= 15 is 0 Å². The highest BCUT2D eigenvalue weighted by Crippen LogP contribution is 2.07. The van der Waals surface area contributed by atoms with Crippen LogP contribution in [-0.2, 0) is 19.2 Å². The molecule has 90 valence electrons. The van der Waals surface area contributed by atoms with E-state index in [9.17, 15) is 19.2 Å². The highest BCUT2D eigenvalue weighted by Gasteiger charge is 2.23. The van der Waals surface area contributed by atoms with Crippen molar-refractivity contribution in [1.29, 1.82) is 0 Å². The van der Waals surface area contributed by atoms with Gasteiger partial charge in [-0.05, 0) is 13.8 Å². The van der Waals surface area contributed by atoms with Crippen LogP contribution in [0.1, 0.15) is 13.8 Å². The molecule has 0 fully saturated rings. The summed E-state index contributed by atoms with van der Waals surface area (Å²) in [6, 6.07) is 0. The van der Waals surface area contributed by atoms with E-state index in [2.05, 4.69) is 5.32 Å². The topological polar surface area (TPSA) is 83.6 Å². The van der Waals surface area contributed by atoms with Crippen LogP contribution in [0.5, 0.6) is 0 Å². The Morgan fingerprint density at radius 3 is 1.71 bits per heavy atom. The normalized spacial score (nSPS) is 18.6. The summed E-state index contributed by atoms with van der Waals surface area (Å²) in [5.41, 5.74) is 0.998. The number of nitrogens with one attached hydrogen (secondary N) is 1. The van der Waals surface area contributed by atoms with Crippen molar-refractivity contribution in [2.45, 2.75) is 13.8 Å². The first-order chi connectivity index (χ1) is 7.82. The Hall–Kier alpha value is -2.24. The minimum absolute atomic E-state index is 0.194. The molecular weight excluding hydrogens is 224 g/mol. The molecule has 0 radical (unpaired) electrons. The van der Waals surface area contributed by atoms with Gasteiger partial charge >= 0.3 is 0 Å². The molecule has 0 saturated heterocycles. The molecule has 0 atom stereocenters. The zero-order valence-corrected chi connectivity index (χ0v) is 9.73. The summed E-state index contributed by atoms with van der Waals surface area (Å²) in [7, 11) is 1.47. The van der Waals surface area contributed by atoms with Gasteiger partial charge in [-0.25, -0.2) is 0 Å². The van der Waals surface area contributed by atoms with Crippen LogP contribution in [0.15, 0.2) is 23.3 Å². The van der Waals surface area contributed by atoms with Crippen LogP contribution < -0.4 is 5.32 Å². The van der Waals surface area contributed by atoms with Crippen molar-refractivity contribution in [3.63, 3.8) is 0 Å². The fourth-order valence-corrected chi connectivity index (χ4v) is 1.22. The van der Waals surface area contributed by atoms with Crippen molar-refractivity contribution >= 4 is 23.6 Å². The molecule has 0 bridgehead atoms. The maximum atomic E-state index is 10.8. The number of likely N-dealkylation sites (N-methyl/N-ethyl adjacent to an activating group) is 1. The van der Waals surface area contributed by atoms with E-state index in [1.807, 2.05) is 0 Å². The standard InChI is InChI=1S/C6H7NO2.C5H5NO2/c1-4-3-5(8)7(2)6(4)9;1-3-2-4(7)6-5(3)8/h3H,1-2H3;2H,1H3,(H,6,7,8). The van der Waals surface area contributed by atoms with E-state index in [0.29, 0.717) is 11.1 Å². The Bertz CT molecular complexity index is 474. The lowest BCUT2D eigenvalue weighted by atomic mass is 10.3. The molecule has 0 spiro atoms. The van der Waals surface area contributed by atoms with Crippen molar-refractivity contribution in [1.82, 2.24) is 10.2 Å². The number of carbonyl (C=O) groups excluding carboxylic acids is 4. The maximum Gasteiger partial charge on any atom is 0.256 e. The van der Waals surface area contributed by atoms with E-state index in [4.69, 9.17) is 0 Å². The molecule has 0 aromatic rings. The highest BCUT2D eigenvalue weighted by molar-refractivity contribution is 6.16. The van der Waals surface area contributed by atoms with Crippen molar-refractivity contribution in [3.8, 4) is 0 Å². The molecule has 0 saturated carbocycles. The molecule has 0 aliphatic carbocycles. The van der Waals surface area contributed by atoms with Gasteiger partial charge in [-0.3, -0.25) is 29.4 Å². The summed E-state index contributed by atoms with van der Waals surface area (Å²) in [4.78, 5) is 43.1. The van der Waals surface area contributed by atoms with Gasteiger partial charge < -0.3 is 0 Å². The molecular formula is C11H12N2O4. The molecule has 4 amide bonds. The molecule has 2 aliphatic heterocycles. The Labute approximate surface area is 98.0 Å². The molecule has 2 heterocycles. The van der Waals surface area contributed by atoms with Gasteiger partial charge in [0.2, 0.25) is 0 Å². The molecule has 17 heavy (non-hydrogen) atoms. The Balaban J connectivity index is 0.000000171. The summed E-state index contributed by atoms with van der Waals surface area (Å²) in [5, 5.41) is 2.10. The molecule has 6 heteroatoms. The number of hydrogen-bond donors (Lipinski definition) is 1. The van der Waals surface area contributed by atoms with Crippen LogP contribution in [0.2, 0.25) is 0 Å². The van der Waals surface area contributed by atoms with Gasteiger partial charge in [0.05, 0.1) is 0 Å². The molecule has 0 aromatic heterocycles. The van der Waals surface area contributed by atoms with Gasteiger partial charge in [-0.1, -0.05) is 0 Å². The second-order valence-corrected chi connectivity index (χ2v) is 3.68. The number of rotatable bonds is 0. The second-order valence-electron chi connectivity index (χ2n) is 3.68. The van der Waals surface area contributed by atoms with E-state index < -0.39 is 0 Å². The Kier molecular flexibility index (Phi) is 3.57. The van der Waals surface area contributed by atoms with Gasteiger partial charge in [0.15, 0.2) is 0 Å². The number of hydrogen-bond acceptors (Lipinski definition) is 4. The minimum atomic E-state index is -0.312. The summed E-state index contributed by atoms with van der Waals surface area (Å²) in [6.07, 6.45) is 2.62. The van der Waals surface area contributed by atoms with Gasteiger partial charge in [0.1, 0.15) is 0 Å². The lowest BCUT2D eigenvalue weighted by Gasteiger charge is -2.03. The van der Waals surface area contributed by atoms with Crippen molar-refractivity contribution in [3.05, 3.63) is 23.3 Å². The summed E-state index contributed by atoms with van der Waals surface area (Å²) in [5.74, 6) is -1.01. The Morgan fingerprint density at radius 2 is 1.59 bits per heavy atom. The average Bonchev–Trinajstić information content (AvgIpc) is 2.64. The van der Waals surface area contributed by atoms with Crippen LogP contribution in [0.3, 0.4) is 0 Å². The van der Waals surface area contributed by atoms with Crippen molar-refractivity contribution in [2.24, 2.45) is 0 Å². The zero-order chi connectivity index (χ0) is 13.2. The monoisotopic (exact) mass is 236 g/mol. The summed E-state index contributed by atoms with van der Waals surface area (Å²) < 4.78 is 0. The lowest BCUT2D eigenvalue weighted by molar-refractivity contribution is -0.135. The van der Waals surface area contributed by atoms with E-state index in [-0.39, 0.29) is 23.6 Å². The predicted octanol–water partition coefficient (Wildman–Crippen LogP) is -0.480. The average molecular weight is 236 g/mol. The molecule has 1 N–H and O–H groups in total. The quantitative estimate of drug-likeness (QED) is 0.576. The third-order valence-corrected chi connectivity index (χ3v) is 2.26. The smallest absolute Gasteiger partial charge is 0.256 e. The van der Waals surface area contributed by atoms with Gasteiger partial charge in [0, 0.05) is 30.3 Å². The zero-order valence-electron chi connectivity index (χ0n) is 9.73. The molecule has 0 unspecified atom stereocenters. The first-order valence-electron chi connectivity index (χ1n) is 4.87. The highest BCUT2D eigenvalue weighted by atomic mass is 16.2. The Morgan fingerprint density at radius 1 is 1.00 bits per heavy atom. The molecule has 6 nitrogen and oxygen atoms in total. The first kappa shape index (κ1) is 12.8. The van der Waals surface area contributed by atoms with E-state index in [0.717, 1.165) is 4.90 Å². The summed E-state index contributed by atoms with van der Waals surface area (Å²) in [6.45, 7) is 3.23. The summed E-state index contributed by atoms with van der Waals surface area (Å²) >= 11 is 0. The van der Waals surface area contributed by atoms with Crippen molar-refractivity contribution < 1.29 is 19.2 Å². The van der Waals surface area contributed by atoms with Crippen LogP contribution in [0.25, 0.3) is 0 Å². The second kappa shape index (κ2) is 4.73. The number of imide groups is 2. The third kappa shape index (κ3) is 2.87. The van der Waals surface area contributed by atoms with Crippen LogP contribution in [0.4, 0.5) is 0 Å². The van der Waals surface area contributed by atoms with E-state index in [1.54, 1.807) is 13.8 Å². The van der Waals surface area contributed by atoms with Gasteiger partial charge in [0.25, 0.3) is 23.6 Å². The van der Waals surface area contributed by atoms with Gasteiger partial charge in [-0.15, -0.1) is 0 Å². The van der Waals surface area contributed by atoms with Crippen LogP contribution in [0, 0.1) is 0 Å². The largest absolute Gasteiger partial charge is 0.289 e. The molecule has 2 aliphatic rings. The number of nitrogens with zero attached hydrogens (tertiary/aromatic N) is 1.